The fourth-order valence-corrected chi connectivity index (χ4v) is 4.87. The fourth-order valence-electron chi connectivity index (χ4n) is 3.26. The van der Waals surface area contributed by atoms with Crippen LogP contribution in [-0.4, -0.2) is 21.6 Å². The van der Waals surface area contributed by atoms with Crippen molar-refractivity contribution in [2.45, 2.75) is 37.6 Å². The molecular weight excluding hydrogens is 350 g/mol. The summed E-state index contributed by atoms with van der Waals surface area (Å²) in [5, 5.41) is 7.75. The Labute approximate surface area is 155 Å². The van der Waals surface area contributed by atoms with Gasteiger partial charge in [-0.25, -0.2) is 9.97 Å². The van der Waals surface area contributed by atoms with Gasteiger partial charge in [-0.1, -0.05) is 30.0 Å². The van der Waals surface area contributed by atoms with Gasteiger partial charge >= 0.3 is 0 Å². The van der Waals surface area contributed by atoms with Gasteiger partial charge in [0.25, 0.3) is 0 Å². The van der Waals surface area contributed by atoms with Crippen molar-refractivity contribution in [3.8, 4) is 0 Å². The second-order valence-electron chi connectivity index (χ2n) is 6.23. The number of nitrogens with zero attached hydrogens (tertiary/aromatic N) is 2. The highest BCUT2D eigenvalue weighted by Crippen LogP contribution is 2.34. The Kier molecular flexibility index (Phi) is 4.72. The van der Waals surface area contributed by atoms with Gasteiger partial charge in [-0.3, -0.25) is 4.79 Å². The van der Waals surface area contributed by atoms with Crippen molar-refractivity contribution in [1.29, 1.82) is 0 Å². The molecule has 128 valence electrons. The van der Waals surface area contributed by atoms with Crippen molar-refractivity contribution in [1.82, 2.24) is 9.97 Å². The van der Waals surface area contributed by atoms with Crippen molar-refractivity contribution in [3.05, 3.63) is 46.5 Å². The third kappa shape index (κ3) is 3.55. The monoisotopic (exact) mass is 369 g/mol. The molecule has 1 N–H and O–H groups in total. The number of nitrogens with one attached hydrogen (secondary N) is 1. The van der Waals surface area contributed by atoms with Crippen molar-refractivity contribution in [2.75, 3.05) is 11.1 Å². The molecule has 0 aliphatic heterocycles. The number of thioether (sulfide) groups is 1. The van der Waals surface area contributed by atoms with E-state index in [1.807, 2.05) is 18.4 Å². The molecule has 3 aromatic rings. The highest BCUT2D eigenvalue weighted by atomic mass is 32.2. The van der Waals surface area contributed by atoms with E-state index in [9.17, 15) is 4.79 Å². The molecule has 4 rings (SSSR count). The number of aromatic nitrogens is 2. The van der Waals surface area contributed by atoms with Crippen LogP contribution in [0.25, 0.3) is 10.9 Å². The maximum atomic E-state index is 12.2. The van der Waals surface area contributed by atoms with Gasteiger partial charge in [0.05, 0.1) is 17.0 Å². The van der Waals surface area contributed by atoms with Crippen LogP contribution in [0.15, 0.2) is 34.7 Å². The molecule has 1 aliphatic rings. The van der Waals surface area contributed by atoms with Gasteiger partial charge in [0.2, 0.25) is 5.91 Å². The van der Waals surface area contributed by atoms with Crippen molar-refractivity contribution in [3.63, 3.8) is 0 Å². The molecule has 4 nitrogen and oxygen atoms in total. The third-order valence-corrected chi connectivity index (χ3v) is 6.28. The van der Waals surface area contributed by atoms with Gasteiger partial charge in [-0.2, -0.15) is 0 Å². The summed E-state index contributed by atoms with van der Waals surface area (Å²) in [6, 6.07) is 8.33. The summed E-state index contributed by atoms with van der Waals surface area (Å²) in [4.78, 5) is 21.4. The van der Waals surface area contributed by atoms with Crippen molar-refractivity contribution in [2.24, 2.45) is 0 Å². The quantitative estimate of drug-likeness (QED) is 0.682. The molecule has 6 heteroatoms. The van der Waals surface area contributed by atoms with E-state index in [2.05, 4.69) is 28.5 Å². The molecular formula is C19H19N3OS2. The number of fused-ring (bicyclic) bond motifs is 3. The van der Waals surface area contributed by atoms with Crippen LogP contribution in [0.3, 0.4) is 0 Å². The largest absolute Gasteiger partial charge is 0.301 e. The number of pyridine rings is 1. The third-order valence-electron chi connectivity index (χ3n) is 4.38. The zero-order valence-electron chi connectivity index (χ0n) is 14.0. The zero-order chi connectivity index (χ0) is 17.2. The molecule has 0 radical (unpaired) electrons. The van der Waals surface area contributed by atoms with E-state index in [0.717, 1.165) is 29.1 Å². The van der Waals surface area contributed by atoms with Crippen molar-refractivity contribution >= 4 is 45.0 Å². The lowest BCUT2D eigenvalue weighted by atomic mass is 9.90. The Morgan fingerprint density at radius 3 is 2.80 bits per heavy atom. The van der Waals surface area contributed by atoms with E-state index in [-0.39, 0.29) is 5.91 Å². The molecule has 25 heavy (non-hydrogen) atoms. The first-order valence-electron chi connectivity index (χ1n) is 8.46. The van der Waals surface area contributed by atoms with Crippen LogP contribution in [0.2, 0.25) is 0 Å². The van der Waals surface area contributed by atoms with E-state index in [1.54, 1.807) is 0 Å². The van der Waals surface area contributed by atoms with E-state index in [4.69, 9.17) is 4.98 Å². The van der Waals surface area contributed by atoms with E-state index < -0.39 is 0 Å². The minimum absolute atomic E-state index is 0.0288. The SMILES string of the molecule is Cc1csc(NC(=O)CSc2nc3ccccc3c3c2CCCC3)n1. The first kappa shape index (κ1) is 16.5. The highest BCUT2D eigenvalue weighted by Gasteiger charge is 2.19. The molecule has 0 fully saturated rings. The van der Waals surface area contributed by atoms with Gasteiger partial charge in [-0.05, 0) is 49.8 Å². The Morgan fingerprint density at radius 2 is 2.00 bits per heavy atom. The van der Waals surface area contributed by atoms with Gasteiger partial charge in [0, 0.05) is 10.8 Å². The van der Waals surface area contributed by atoms with Gasteiger partial charge in [0.15, 0.2) is 5.13 Å². The first-order chi connectivity index (χ1) is 12.2. The molecule has 0 saturated heterocycles. The maximum absolute atomic E-state index is 12.2. The molecule has 0 bridgehead atoms. The number of hydrogen-bond acceptors (Lipinski definition) is 5. The normalized spacial score (nSPS) is 13.6. The summed E-state index contributed by atoms with van der Waals surface area (Å²) in [6.07, 6.45) is 4.60. The standard InChI is InChI=1S/C19H19N3OS2/c1-12-10-25-19(20-12)22-17(23)11-24-18-15-8-3-2-6-13(15)14-7-4-5-9-16(14)21-18/h4-5,7,9-10H,2-3,6,8,11H2,1H3,(H,20,22,23). The number of hydrogen-bond donors (Lipinski definition) is 1. The van der Waals surface area contributed by atoms with Crippen LogP contribution in [0.4, 0.5) is 5.13 Å². The molecule has 1 aromatic carbocycles. The summed E-state index contributed by atoms with van der Waals surface area (Å²) in [5.41, 5.74) is 4.72. The van der Waals surface area contributed by atoms with Crippen LogP contribution in [0.5, 0.6) is 0 Å². The number of thiazole rings is 1. The first-order valence-corrected chi connectivity index (χ1v) is 10.3. The summed E-state index contributed by atoms with van der Waals surface area (Å²) in [7, 11) is 0. The Morgan fingerprint density at radius 1 is 1.20 bits per heavy atom. The van der Waals surface area contributed by atoms with Crippen LogP contribution >= 0.6 is 23.1 Å². The number of aryl methyl sites for hydroxylation is 2. The number of anilines is 1. The highest BCUT2D eigenvalue weighted by molar-refractivity contribution is 8.00. The average molecular weight is 370 g/mol. The number of carbonyl (C=O) groups is 1. The van der Waals surface area contributed by atoms with Gasteiger partial charge in [-0.15, -0.1) is 11.3 Å². The number of amides is 1. The van der Waals surface area contributed by atoms with E-state index >= 15 is 0 Å². The summed E-state index contributed by atoms with van der Waals surface area (Å²) in [6.45, 7) is 1.92. The van der Waals surface area contributed by atoms with Crippen molar-refractivity contribution < 1.29 is 4.79 Å². The predicted molar refractivity (Wildman–Crippen MR) is 105 cm³/mol. The van der Waals surface area contributed by atoms with Crippen LogP contribution in [0, 0.1) is 6.92 Å². The summed E-state index contributed by atoms with van der Waals surface area (Å²) < 4.78 is 0. The molecule has 1 amide bonds. The molecule has 0 saturated carbocycles. The Balaban J connectivity index is 1.55. The lowest BCUT2D eigenvalue weighted by molar-refractivity contribution is -0.113. The predicted octanol–water partition coefficient (Wildman–Crippen LogP) is 4.61. The minimum atomic E-state index is -0.0288. The Hall–Kier alpha value is -1.92. The lowest BCUT2D eigenvalue weighted by Crippen LogP contribution is -2.15. The lowest BCUT2D eigenvalue weighted by Gasteiger charge is -2.20. The molecule has 2 aromatic heterocycles. The fraction of sp³-hybridized carbons (Fsp3) is 0.316. The summed E-state index contributed by atoms with van der Waals surface area (Å²) in [5.74, 6) is 0.329. The van der Waals surface area contributed by atoms with E-state index in [0.29, 0.717) is 10.9 Å². The average Bonchev–Trinajstić information content (AvgIpc) is 3.04. The maximum Gasteiger partial charge on any atom is 0.236 e. The van der Waals surface area contributed by atoms with Crippen LogP contribution in [-0.2, 0) is 17.6 Å². The number of rotatable bonds is 4. The second kappa shape index (κ2) is 7.14. The topological polar surface area (TPSA) is 54.9 Å². The van der Waals surface area contributed by atoms with Gasteiger partial charge in [0.1, 0.15) is 5.03 Å². The van der Waals surface area contributed by atoms with Crippen LogP contribution in [0.1, 0.15) is 29.7 Å². The number of para-hydroxylation sites is 1. The summed E-state index contributed by atoms with van der Waals surface area (Å²) >= 11 is 2.99. The van der Waals surface area contributed by atoms with Crippen LogP contribution < -0.4 is 5.32 Å². The molecule has 0 spiro atoms. The van der Waals surface area contributed by atoms with Gasteiger partial charge < -0.3 is 5.32 Å². The smallest absolute Gasteiger partial charge is 0.236 e. The Bertz CT molecular complexity index is 936. The van der Waals surface area contributed by atoms with E-state index in [1.165, 1.54) is 52.5 Å². The minimum Gasteiger partial charge on any atom is -0.301 e. The zero-order valence-corrected chi connectivity index (χ0v) is 15.7. The second-order valence-corrected chi connectivity index (χ2v) is 8.05. The molecule has 1 aliphatic carbocycles. The molecule has 2 heterocycles. The number of benzene rings is 1. The molecule has 0 atom stereocenters. The number of carbonyl (C=O) groups excluding carboxylic acids is 1. The molecule has 0 unspecified atom stereocenters.